The number of amides is 2. The van der Waals surface area contributed by atoms with E-state index in [0.29, 0.717) is 10.9 Å². The molecule has 1 aliphatic rings. The van der Waals surface area contributed by atoms with Crippen molar-refractivity contribution in [1.29, 1.82) is 0 Å². The average Bonchev–Trinajstić information content (AvgIpc) is 2.63. The molecule has 1 saturated carbocycles. The number of hydrogen-bond donors (Lipinski definition) is 2. The van der Waals surface area contributed by atoms with Crippen molar-refractivity contribution in [2.75, 3.05) is 6.54 Å². The van der Waals surface area contributed by atoms with Crippen molar-refractivity contribution in [3.8, 4) is 0 Å². The highest BCUT2D eigenvalue weighted by Gasteiger charge is 2.26. The minimum atomic E-state index is -0.923. The number of rotatable bonds is 6. The second-order valence-corrected chi connectivity index (χ2v) is 7.63. The van der Waals surface area contributed by atoms with E-state index >= 15 is 0 Å². The lowest BCUT2D eigenvalue weighted by atomic mass is 9.86. The minimum absolute atomic E-state index is 0.113. The summed E-state index contributed by atoms with van der Waals surface area (Å²) >= 11 is 11.7. The third kappa shape index (κ3) is 6.40. The molecule has 6 nitrogen and oxygen atoms in total. The van der Waals surface area contributed by atoms with Gasteiger partial charge in [-0.3, -0.25) is 14.4 Å². The van der Waals surface area contributed by atoms with Gasteiger partial charge >= 0.3 is 5.97 Å². The van der Waals surface area contributed by atoms with Gasteiger partial charge in [-0.05, 0) is 43.9 Å². The summed E-state index contributed by atoms with van der Waals surface area (Å²) < 4.78 is 5.11. The number of nitrogens with one attached hydrogen (secondary N) is 2. The summed E-state index contributed by atoms with van der Waals surface area (Å²) in [6.45, 7) is 3.28. The molecule has 0 heterocycles. The van der Waals surface area contributed by atoms with Crippen molar-refractivity contribution in [1.82, 2.24) is 10.6 Å². The molecule has 0 aromatic heterocycles. The zero-order valence-corrected chi connectivity index (χ0v) is 16.9. The van der Waals surface area contributed by atoms with Gasteiger partial charge in [0.2, 0.25) is 0 Å². The Balaban J connectivity index is 1.77. The van der Waals surface area contributed by atoms with Gasteiger partial charge in [0.1, 0.15) is 6.54 Å². The highest BCUT2D eigenvalue weighted by atomic mass is 35.5. The Kier molecular flexibility index (Phi) is 7.92. The number of hydrogen-bond acceptors (Lipinski definition) is 4. The standard InChI is InChI=1S/C19H24Cl2N2O4/c1-11-5-3-4-6-16(11)23-18(25)12(2)27-17(24)10-22-19(26)13-7-8-14(20)15(21)9-13/h7-9,11-12,16H,3-6,10H2,1-2H3,(H,22,26)(H,23,25)/t11-,12-,16+/m1/s1. The van der Waals surface area contributed by atoms with Crippen LogP contribution < -0.4 is 10.6 Å². The number of halogens is 2. The first-order valence-corrected chi connectivity index (χ1v) is 9.76. The topological polar surface area (TPSA) is 84.5 Å². The molecular formula is C19H24Cl2N2O4. The van der Waals surface area contributed by atoms with E-state index in [1.807, 2.05) is 0 Å². The van der Waals surface area contributed by atoms with Crippen LogP contribution in [-0.2, 0) is 14.3 Å². The fraction of sp³-hybridized carbons (Fsp3) is 0.526. The number of carbonyl (C=O) groups excluding carboxylic acids is 3. The molecule has 2 rings (SSSR count). The zero-order chi connectivity index (χ0) is 20.0. The van der Waals surface area contributed by atoms with E-state index < -0.39 is 18.0 Å². The Morgan fingerprint density at radius 1 is 1.19 bits per heavy atom. The van der Waals surface area contributed by atoms with Crippen molar-refractivity contribution in [2.24, 2.45) is 5.92 Å². The number of esters is 1. The molecule has 0 spiro atoms. The summed E-state index contributed by atoms with van der Waals surface area (Å²) in [6.07, 6.45) is 3.36. The van der Waals surface area contributed by atoms with Crippen molar-refractivity contribution in [3.05, 3.63) is 33.8 Å². The van der Waals surface area contributed by atoms with Crippen LogP contribution in [0.2, 0.25) is 10.0 Å². The van der Waals surface area contributed by atoms with Crippen molar-refractivity contribution in [2.45, 2.75) is 51.7 Å². The molecule has 1 aromatic rings. The summed E-state index contributed by atoms with van der Waals surface area (Å²) in [4.78, 5) is 36.2. The lowest BCUT2D eigenvalue weighted by Crippen LogP contribution is -2.46. The van der Waals surface area contributed by atoms with E-state index in [1.54, 1.807) is 0 Å². The van der Waals surface area contributed by atoms with Crippen LogP contribution >= 0.6 is 23.2 Å². The van der Waals surface area contributed by atoms with E-state index in [2.05, 4.69) is 17.6 Å². The van der Waals surface area contributed by atoms with Crippen molar-refractivity contribution in [3.63, 3.8) is 0 Å². The maximum absolute atomic E-state index is 12.2. The van der Waals surface area contributed by atoms with Gasteiger partial charge in [0, 0.05) is 11.6 Å². The van der Waals surface area contributed by atoms with Crippen LogP contribution in [0.1, 0.15) is 49.9 Å². The lowest BCUT2D eigenvalue weighted by Gasteiger charge is -2.30. The van der Waals surface area contributed by atoms with Gasteiger partial charge in [-0.25, -0.2) is 0 Å². The van der Waals surface area contributed by atoms with E-state index in [4.69, 9.17) is 27.9 Å². The summed E-state index contributed by atoms with van der Waals surface area (Å²) in [5.41, 5.74) is 0.272. The van der Waals surface area contributed by atoms with Crippen LogP contribution in [0.15, 0.2) is 18.2 Å². The van der Waals surface area contributed by atoms with Gasteiger partial charge in [-0.15, -0.1) is 0 Å². The van der Waals surface area contributed by atoms with Gasteiger partial charge in [-0.1, -0.05) is 43.0 Å². The molecule has 1 fully saturated rings. The van der Waals surface area contributed by atoms with Crippen LogP contribution in [0.25, 0.3) is 0 Å². The van der Waals surface area contributed by atoms with E-state index in [-0.39, 0.29) is 29.1 Å². The van der Waals surface area contributed by atoms with E-state index in [0.717, 1.165) is 19.3 Å². The minimum Gasteiger partial charge on any atom is -0.451 e. The van der Waals surface area contributed by atoms with Crippen LogP contribution in [0, 0.1) is 5.92 Å². The molecule has 2 N–H and O–H groups in total. The summed E-state index contributed by atoms with van der Waals surface area (Å²) in [7, 11) is 0. The highest BCUT2D eigenvalue weighted by molar-refractivity contribution is 6.42. The molecule has 27 heavy (non-hydrogen) atoms. The fourth-order valence-corrected chi connectivity index (χ4v) is 3.31. The van der Waals surface area contributed by atoms with Crippen molar-refractivity contribution < 1.29 is 19.1 Å². The number of ether oxygens (including phenoxy) is 1. The van der Waals surface area contributed by atoms with E-state index in [1.165, 1.54) is 31.5 Å². The maximum Gasteiger partial charge on any atom is 0.326 e. The van der Waals surface area contributed by atoms with Crippen LogP contribution in [0.3, 0.4) is 0 Å². The van der Waals surface area contributed by atoms with Gasteiger partial charge < -0.3 is 15.4 Å². The monoisotopic (exact) mass is 414 g/mol. The van der Waals surface area contributed by atoms with Gasteiger partial charge in [0.25, 0.3) is 11.8 Å². The molecule has 0 unspecified atom stereocenters. The SMILES string of the molecule is C[C@@H]1CCCC[C@@H]1NC(=O)[C@@H](C)OC(=O)CNC(=O)c1ccc(Cl)c(Cl)c1. The number of carbonyl (C=O) groups is 3. The first-order chi connectivity index (χ1) is 12.8. The van der Waals surface area contributed by atoms with Gasteiger partial charge in [0.15, 0.2) is 6.10 Å². The molecular weight excluding hydrogens is 391 g/mol. The summed E-state index contributed by atoms with van der Waals surface area (Å²) in [6, 6.07) is 4.51. The second kappa shape index (κ2) is 9.95. The Morgan fingerprint density at radius 3 is 2.56 bits per heavy atom. The summed E-state index contributed by atoms with van der Waals surface area (Å²) in [5, 5.41) is 5.95. The quantitative estimate of drug-likeness (QED) is 0.698. The predicted octanol–water partition coefficient (Wildman–Crippen LogP) is 3.35. The summed E-state index contributed by atoms with van der Waals surface area (Å²) in [5.74, 6) is -1.09. The normalized spacial score (nSPS) is 20.4. The Hall–Kier alpha value is -1.79. The fourth-order valence-electron chi connectivity index (χ4n) is 3.02. The predicted molar refractivity (Wildman–Crippen MR) is 104 cm³/mol. The molecule has 3 atom stereocenters. The first-order valence-electron chi connectivity index (χ1n) is 9.01. The molecule has 0 aliphatic heterocycles. The molecule has 8 heteroatoms. The highest BCUT2D eigenvalue weighted by Crippen LogP contribution is 2.24. The Labute approximate surface area is 168 Å². The average molecular weight is 415 g/mol. The van der Waals surface area contributed by atoms with Crippen LogP contribution in [-0.4, -0.2) is 36.5 Å². The zero-order valence-electron chi connectivity index (χ0n) is 15.4. The second-order valence-electron chi connectivity index (χ2n) is 6.82. The third-order valence-corrected chi connectivity index (χ3v) is 5.43. The number of benzene rings is 1. The van der Waals surface area contributed by atoms with Crippen LogP contribution in [0.5, 0.6) is 0 Å². The molecule has 2 amide bonds. The largest absolute Gasteiger partial charge is 0.451 e. The van der Waals surface area contributed by atoms with Gasteiger partial charge in [-0.2, -0.15) is 0 Å². The van der Waals surface area contributed by atoms with E-state index in [9.17, 15) is 14.4 Å². The van der Waals surface area contributed by atoms with Crippen molar-refractivity contribution >= 4 is 41.0 Å². The Morgan fingerprint density at radius 2 is 1.89 bits per heavy atom. The smallest absolute Gasteiger partial charge is 0.326 e. The molecule has 0 saturated heterocycles. The third-order valence-electron chi connectivity index (χ3n) is 4.69. The maximum atomic E-state index is 12.2. The molecule has 0 bridgehead atoms. The Bertz CT molecular complexity index is 711. The molecule has 0 radical (unpaired) electrons. The first kappa shape index (κ1) is 21.5. The van der Waals surface area contributed by atoms with Gasteiger partial charge in [0.05, 0.1) is 10.0 Å². The molecule has 1 aromatic carbocycles. The lowest BCUT2D eigenvalue weighted by molar-refractivity contribution is -0.154. The van der Waals surface area contributed by atoms with Crippen LogP contribution in [0.4, 0.5) is 0 Å². The molecule has 148 valence electrons. The molecule has 1 aliphatic carbocycles.